The van der Waals surface area contributed by atoms with E-state index in [1.807, 2.05) is 30.0 Å². The molecule has 1 aliphatic heterocycles. The monoisotopic (exact) mass is 326 g/mol. The summed E-state index contributed by atoms with van der Waals surface area (Å²) in [6.07, 6.45) is 2.55. The number of likely N-dealkylation sites (tertiary alicyclic amines) is 1. The van der Waals surface area contributed by atoms with Crippen molar-refractivity contribution in [3.8, 4) is 11.5 Å². The summed E-state index contributed by atoms with van der Waals surface area (Å²) in [4.78, 5) is 18.9. The lowest BCUT2D eigenvalue weighted by Gasteiger charge is -2.18. The zero-order valence-corrected chi connectivity index (χ0v) is 14.1. The van der Waals surface area contributed by atoms with Gasteiger partial charge in [0, 0.05) is 25.2 Å². The highest BCUT2D eigenvalue weighted by atomic mass is 16.5. The summed E-state index contributed by atoms with van der Waals surface area (Å²) in [5.41, 5.74) is 1.54. The summed E-state index contributed by atoms with van der Waals surface area (Å²) in [6.45, 7) is 3.79. The number of amides is 1. The third-order valence-electron chi connectivity index (χ3n) is 4.33. The van der Waals surface area contributed by atoms with E-state index >= 15 is 0 Å². The molecule has 5 heteroatoms. The Morgan fingerprint density at radius 3 is 2.83 bits per heavy atom. The fraction of sp³-hybridized carbons (Fsp3) is 0.368. The van der Waals surface area contributed by atoms with Crippen molar-refractivity contribution >= 4 is 5.91 Å². The summed E-state index contributed by atoms with van der Waals surface area (Å²) < 4.78 is 11.0. The summed E-state index contributed by atoms with van der Waals surface area (Å²) >= 11 is 0. The fourth-order valence-electron chi connectivity index (χ4n) is 3.18. The minimum Gasteiger partial charge on any atom is -0.496 e. The lowest BCUT2D eigenvalue weighted by Crippen LogP contribution is -2.29. The molecular formula is C19H22N2O3. The van der Waals surface area contributed by atoms with E-state index in [2.05, 4.69) is 11.1 Å². The first-order valence-electron chi connectivity index (χ1n) is 8.24. The molecule has 1 atom stereocenters. The van der Waals surface area contributed by atoms with Gasteiger partial charge >= 0.3 is 0 Å². The number of aromatic nitrogens is 1. The number of nitrogens with zero attached hydrogens (tertiary/aromatic N) is 2. The Bertz CT molecular complexity index is 717. The maximum Gasteiger partial charge on any atom is 0.276 e. The number of methoxy groups -OCH3 is 1. The number of hydrogen-bond donors (Lipinski definition) is 0. The maximum absolute atomic E-state index is 12.8. The minimum absolute atomic E-state index is 0.0727. The van der Waals surface area contributed by atoms with Gasteiger partial charge in [0.25, 0.3) is 5.91 Å². The number of hydrogen-bond acceptors (Lipinski definition) is 4. The Kier molecular flexibility index (Phi) is 4.99. The first-order valence-corrected chi connectivity index (χ1v) is 8.24. The van der Waals surface area contributed by atoms with Crippen molar-refractivity contribution in [2.24, 2.45) is 0 Å². The van der Waals surface area contributed by atoms with E-state index in [0.717, 1.165) is 17.7 Å². The molecule has 126 valence electrons. The van der Waals surface area contributed by atoms with Crippen LogP contribution < -0.4 is 9.47 Å². The zero-order valence-electron chi connectivity index (χ0n) is 14.1. The van der Waals surface area contributed by atoms with E-state index in [4.69, 9.17) is 9.47 Å². The molecule has 1 aromatic carbocycles. The molecule has 0 saturated carbocycles. The van der Waals surface area contributed by atoms with Crippen molar-refractivity contribution < 1.29 is 14.3 Å². The average molecular weight is 326 g/mol. The molecule has 0 spiro atoms. The van der Waals surface area contributed by atoms with E-state index in [-0.39, 0.29) is 11.8 Å². The predicted molar refractivity (Wildman–Crippen MR) is 91.7 cm³/mol. The molecule has 2 heterocycles. The van der Waals surface area contributed by atoms with Crippen LogP contribution in [0.3, 0.4) is 0 Å². The fourth-order valence-corrected chi connectivity index (χ4v) is 3.18. The number of benzene rings is 1. The normalized spacial score (nSPS) is 16.9. The zero-order chi connectivity index (χ0) is 16.9. The van der Waals surface area contributed by atoms with Gasteiger partial charge in [-0.3, -0.25) is 4.79 Å². The Morgan fingerprint density at radius 2 is 2.04 bits per heavy atom. The summed E-state index contributed by atoms with van der Waals surface area (Å²) in [7, 11) is 1.68. The molecular weight excluding hydrogens is 304 g/mol. The first kappa shape index (κ1) is 16.3. The summed E-state index contributed by atoms with van der Waals surface area (Å²) in [6, 6.07) is 11.6. The van der Waals surface area contributed by atoms with Gasteiger partial charge in [-0.1, -0.05) is 18.2 Å². The molecule has 1 saturated heterocycles. The summed E-state index contributed by atoms with van der Waals surface area (Å²) in [5, 5.41) is 0. The van der Waals surface area contributed by atoms with Crippen LogP contribution in [0.2, 0.25) is 0 Å². The molecule has 0 radical (unpaired) electrons. The van der Waals surface area contributed by atoms with E-state index in [1.54, 1.807) is 25.4 Å². The molecule has 5 nitrogen and oxygen atoms in total. The van der Waals surface area contributed by atoms with Crippen LogP contribution in [0.25, 0.3) is 0 Å². The third kappa shape index (κ3) is 3.20. The van der Waals surface area contributed by atoms with Crippen LogP contribution in [-0.2, 0) is 0 Å². The van der Waals surface area contributed by atoms with E-state index in [9.17, 15) is 4.79 Å². The second kappa shape index (κ2) is 7.34. The maximum atomic E-state index is 12.8. The van der Waals surface area contributed by atoms with Gasteiger partial charge in [0.2, 0.25) is 0 Å². The quantitative estimate of drug-likeness (QED) is 0.847. The second-order valence-corrected chi connectivity index (χ2v) is 5.76. The second-order valence-electron chi connectivity index (χ2n) is 5.76. The SMILES string of the molecule is CCOc1cccnc1C(=O)N1CC[C@H](c2ccccc2OC)C1. The minimum atomic E-state index is -0.0727. The Balaban J connectivity index is 1.77. The van der Waals surface area contributed by atoms with E-state index in [1.165, 1.54) is 0 Å². The molecule has 24 heavy (non-hydrogen) atoms. The average Bonchev–Trinajstić information content (AvgIpc) is 3.12. The standard InChI is InChI=1S/C19H22N2O3/c1-3-24-17-9-6-11-20-18(17)19(22)21-12-10-14(13-21)15-7-4-5-8-16(15)23-2/h4-9,11,14H,3,10,12-13H2,1-2H3/t14-/m0/s1. The number of para-hydroxylation sites is 1. The van der Waals surface area contributed by atoms with Crippen molar-refractivity contribution in [3.63, 3.8) is 0 Å². The molecule has 1 aliphatic rings. The molecule has 0 N–H and O–H groups in total. The van der Waals surface area contributed by atoms with Crippen molar-refractivity contribution in [2.75, 3.05) is 26.8 Å². The van der Waals surface area contributed by atoms with Crippen molar-refractivity contribution in [2.45, 2.75) is 19.3 Å². The smallest absolute Gasteiger partial charge is 0.276 e. The largest absolute Gasteiger partial charge is 0.496 e. The molecule has 0 unspecified atom stereocenters. The Hall–Kier alpha value is -2.56. The van der Waals surface area contributed by atoms with Crippen LogP contribution in [0, 0.1) is 0 Å². The molecule has 0 bridgehead atoms. The van der Waals surface area contributed by atoms with Crippen molar-refractivity contribution in [1.29, 1.82) is 0 Å². The highest BCUT2D eigenvalue weighted by Gasteiger charge is 2.31. The van der Waals surface area contributed by atoms with E-state index < -0.39 is 0 Å². The molecule has 3 rings (SSSR count). The highest BCUT2D eigenvalue weighted by Crippen LogP contribution is 2.34. The molecule has 0 aliphatic carbocycles. The highest BCUT2D eigenvalue weighted by molar-refractivity contribution is 5.95. The third-order valence-corrected chi connectivity index (χ3v) is 4.33. The van der Waals surface area contributed by atoms with Gasteiger partial charge in [0.05, 0.1) is 13.7 Å². The van der Waals surface area contributed by atoms with Gasteiger partial charge < -0.3 is 14.4 Å². The molecule has 1 aromatic heterocycles. The number of ether oxygens (including phenoxy) is 2. The van der Waals surface area contributed by atoms with Crippen LogP contribution in [0.1, 0.15) is 35.3 Å². The van der Waals surface area contributed by atoms with Crippen LogP contribution >= 0.6 is 0 Å². The number of rotatable bonds is 5. The van der Waals surface area contributed by atoms with Crippen LogP contribution in [0.5, 0.6) is 11.5 Å². The lowest BCUT2D eigenvalue weighted by molar-refractivity contribution is 0.0780. The van der Waals surface area contributed by atoms with Gasteiger partial charge in [-0.05, 0) is 37.1 Å². The Labute approximate surface area is 142 Å². The van der Waals surface area contributed by atoms with Crippen molar-refractivity contribution in [3.05, 3.63) is 53.9 Å². The number of pyridine rings is 1. The first-order chi connectivity index (χ1) is 11.7. The van der Waals surface area contributed by atoms with Gasteiger partial charge in [0.1, 0.15) is 5.75 Å². The predicted octanol–water partition coefficient (Wildman–Crippen LogP) is 3.12. The summed E-state index contributed by atoms with van der Waals surface area (Å²) in [5.74, 6) is 1.64. The molecule has 2 aromatic rings. The Morgan fingerprint density at radius 1 is 1.25 bits per heavy atom. The topological polar surface area (TPSA) is 51.7 Å². The molecule has 1 fully saturated rings. The van der Waals surface area contributed by atoms with Gasteiger partial charge in [-0.2, -0.15) is 0 Å². The number of carbonyl (C=O) groups excluding carboxylic acids is 1. The lowest BCUT2D eigenvalue weighted by atomic mass is 9.97. The van der Waals surface area contributed by atoms with Crippen LogP contribution in [0.15, 0.2) is 42.6 Å². The van der Waals surface area contributed by atoms with Gasteiger partial charge in [-0.25, -0.2) is 4.98 Å². The van der Waals surface area contributed by atoms with Crippen LogP contribution in [-0.4, -0.2) is 42.6 Å². The molecule has 1 amide bonds. The van der Waals surface area contributed by atoms with E-state index in [0.29, 0.717) is 31.1 Å². The van der Waals surface area contributed by atoms with Gasteiger partial charge in [0.15, 0.2) is 11.4 Å². The van der Waals surface area contributed by atoms with Crippen molar-refractivity contribution in [1.82, 2.24) is 9.88 Å². The van der Waals surface area contributed by atoms with Crippen LogP contribution in [0.4, 0.5) is 0 Å². The number of carbonyl (C=O) groups is 1. The van der Waals surface area contributed by atoms with Gasteiger partial charge in [-0.15, -0.1) is 0 Å².